The second-order valence-electron chi connectivity index (χ2n) is 6.66. The lowest BCUT2D eigenvalue weighted by molar-refractivity contribution is -0.274. The van der Waals surface area contributed by atoms with E-state index in [1.165, 1.54) is 35.1 Å². The van der Waals surface area contributed by atoms with Crippen LogP contribution < -0.4 is 15.6 Å². The summed E-state index contributed by atoms with van der Waals surface area (Å²) in [6.07, 6.45) is -1.68. The summed E-state index contributed by atoms with van der Waals surface area (Å²) >= 11 is 0. The molecule has 0 aliphatic rings. The zero-order valence-corrected chi connectivity index (χ0v) is 16.5. The number of hydrogen-bond donors (Lipinski definition) is 1. The van der Waals surface area contributed by atoms with Crippen LogP contribution in [-0.2, 0) is 6.54 Å². The van der Waals surface area contributed by atoms with Crippen LogP contribution in [0.15, 0.2) is 81.1 Å². The Kier molecular flexibility index (Phi) is 5.93. The van der Waals surface area contributed by atoms with Gasteiger partial charge in [-0.05, 0) is 48.5 Å². The molecular weight excluding hydrogens is 425 g/mol. The van der Waals surface area contributed by atoms with Gasteiger partial charge in [-0.1, -0.05) is 12.1 Å². The van der Waals surface area contributed by atoms with Crippen molar-refractivity contribution < 1.29 is 22.3 Å². The van der Waals surface area contributed by atoms with Gasteiger partial charge in [0, 0.05) is 12.2 Å². The van der Waals surface area contributed by atoms with Gasteiger partial charge in [-0.3, -0.25) is 14.4 Å². The van der Waals surface area contributed by atoms with E-state index in [9.17, 15) is 18.0 Å². The summed E-state index contributed by atoms with van der Waals surface area (Å²) in [5.41, 5.74) is 0.672. The Hall–Kier alpha value is -4.08. The van der Waals surface area contributed by atoms with Crippen molar-refractivity contribution in [2.75, 3.05) is 11.9 Å². The van der Waals surface area contributed by atoms with E-state index in [4.69, 9.17) is 4.42 Å². The summed E-state index contributed by atoms with van der Waals surface area (Å²) < 4.78 is 47.6. The quantitative estimate of drug-likeness (QED) is 0.418. The predicted molar refractivity (Wildman–Crippen MR) is 114 cm³/mol. The van der Waals surface area contributed by atoms with Crippen molar-refractivity contribution in [1.29, 1.82) is 0 Å². The number of nitrogens with zero attached hydrogens (tertiary/aromatic N) is 3. The number of para-hydroxylation sites is 1. The van der Waals surface area contributed by atoms with Crippen LogP contribution in [0.5, 0.6) is 5.75 Å². The van der Waals surface area contributed by atoms with E-state index in [-0.39, 0.29) is 30.3 Å². The van der Waals surface area contributed by atoms with Crippen LogP contribution in [0.4, 0.5) is 24.8 Å². The van der Waals surface area contributed by atoms with Crippen molar-refractivity contribution in [1.82, 2.24) is 9.55 Å². The van der Waals surface area contributed by atoms with Crippen molar-refractivity contribution in [3.63, 3.8) is 0 Å². The van der Waals surface area contributed by atoms with Crippen LogP contribution in [0.25, 0.3) is 10.9 Å². The second-order valence-corrected chi connectivity index (χ2v) is 6.66. The van der Waals surface area contributed by atoms with Gasteiger partial charge in [-0.2, -0.15) is 0 Å². The van der Waals surface area contributed by atoms with Crippen LogP contribution in [0.1, 0.15) is 5.76 Å². The third-order valence-corrected chi connectivity index (χ3v) is 4.42. The average molecular weight is 442 g/mol. The Morgan fingerprint density at radius 1 is 1.09 bits per heavy atom. The van der Waals surface area contributed by atoms with E-state index in [0.29, 0.717) is 22.4 Å². The number of anilines is 2. The van der Waals surface area contributed by atoms with Crippen LogP contribution >= 0.6 is 0 Å². The zero-order valence-electron chi connectivity index (χ0n) is 16.5. The number of ether oxygens (including phenoxy) is 1. The number of fused-ring (bicyclic) bond motifs is 1. The second kappa shape index (κ2) is 8.96. The first-order valence-corrected chi connectivity index (χ1v) is 9.55. The van der Waals surface area contributed by atoms with E-state index in [1.807, 2.05) is 0 Å². The normalized spacial score (nSPS) is 11.8. The van der Waals surface area contributed by atoms with Crippen molar-refractivity contribution >= 4 is 28.8 Å². The summed E-state index contributed by atoms with van der Waals surface area (Å²) in [5, 5.41) is 3.44. The van der Waals surface area contributed by atoms with Gasteiger partial charge >= 0.3 is 6.36 Å². The first-order valence-electron chi connectivity index (χ1n) is 9.55. The van der Waals surface area contributed by atoms with Gasteiger partial charge in [0.1, 0.15) is 11.5 Å². The molecule has 10 heteroatoms. The monoisotopic (exact) mass is 442 g/mol. The van der Waals surface area contributed by atoms with Gasteiger partial charge in [0.25, 0.3) is 5.56 Å². The molecule has 2 aromatic heterocycles. The van der Waals surface area contributed by atoms with Crippen molar-refractivity contribution in [2.45, 2.75) is 12.9 Å². The van der Waals surface area contributed by atoms with Crippen molar-refractivity contribution in [3.05, 3.63) is 83.0 Å². The smallest absolute Gasteiger partial charge is 0.463 e. The molecule has 0 unspecified atom stereocenters. The Balaban J connectivity index is 1.60. The molecule has 0 radical (unpaired) electrons. The molecule has 2 aromatic carbocycles. The summed E-state index contributed by atoms with van der Waals surface area (Å²) in [4.78, 5) is 21.8. The molecule has 7 nitrogen and oxygen atoms in total. The minimum Gasteiger partial charge on any atom is -0.463 e. The predicted octanol–water partition coefficient (Wildman–Crippen LogP) is 4.75. The molecular formula is C22H17F3N4O3. The largest absolute Gasteiger partial charge is 0.573 e. The fourth-order valence-corrected chi connectivity index (χ4v) is 3.02. The highest BCUT2D eigenvalue weighted by Gasteiger charge is 2.30. The number of halogens is 3. The number of rotatable bonds is 7. The van der Waals surface area contributed by atoms with Gasteiger partial charge in [-0.15, -0.1) is 13.2 Å². The lowest BCUT2D eigenvalue weighted by Gasteiger charge is -2.15. The Morgan fingerprint density at radius 3 is 2.59 bits per heavy atom. The molecule has 0 fully saturated rings. The van der Waals surface area contributed by atoms with Gasteiger partial charge in [-0.25, -0.2) is 4.98 Å². The van der Waals surface area contributed by atoms with Gasteiger partial charge in [0.05, 0.1) is 29.9 Å². The van der Waals surface area contributed by atoms with E-state index in [0.717, 1.165) is 0 Å². The van der Waals surface area contributed by atoms with E-state index < -0.39 is 6.36 Å². The van der Waals surface area contributed by atoms with Crippen molar-refractivity contribution in [3.8, 4) is 5.75 Å². The number of aromatic nitrogens is 2. The molecule has 0 aliphatic carbocycles. The fourth-order valence-electron chi connectivity index (χ4n) is 3.02. The van der Waals surface area contributed by atoms with Crippen LogP contribution in [0.3, 0.4) is 0 Å². The molecule has 0 amide bonds. The molecule has 0 saturated heterocycles. The summed E-state index contributed by atoms with van der Waals surface area (Å²) in [6, 6.07) is 15.6. The lowest BCUT2D eigenvalue weighted by atomic mass is 10.2. The van der Waals surface area contributed by atoms with Gasteiger partial charge in [0.15, 0.2) is 0 Å². The number of nitrogens with one attached hydrogen (secondary N) is 1. The van der Waals surface area contributed by atoms with E-state index in [2.05, 4.69) is 20.0 Å². The molecule has 0 bridgehead atoms. The number of benzene rings is 2. The molecule has 0 saturated carbocycles. The molecule has 1 N–H and O–H groups in total. The number of aliphatic imine (C=N–C) groups is 1. The van der Waals surface area contributed by atoms with Crippen LogP contribution in [0, 0.1) is 0 Å². The Bertz CT molecular complexity index is 1280. The standard InChI is InChI=1S/C22H17F3N4O3/c23-22(24,25)32-16-9-7-15(8-10-16)27-21-28-19-6-2-1-5-18(19)20(30)29(21)12-11-26-14-17-4-3-13-31-17/h1-10,13-14H,11-12H2,(H,27,28). The zero-order chi connectivity index (χ0) is 22.6. The Labute approximate surface area is 179 Å². The minimum atomic E-state index is -4.77. The minimum absolute atomic E-state index is 0.228. The molecule has 164 valence electrons. The first-order chi connectivity index (χ1) is 15.4. The van der Waals surface area contributed by atoms with Crippen LogP contribution in [-0.4, -0.2) is 28.7 Å². The molecule has 4 aromatic rings. The fraction of sp³-hybridized carbons (Fsp3) is 0.136. The molecule has 32 heavy (non-hydrogen) atoms. The highest BCUT2D eigenvalue weighted by Crippen LogP contribution is 2.25. The maximum atomic E-state index is 13.0. The molecule has 4 rings (SSSR count). The van der Waals surface area contributed by atoms with Crippen molar-refractivity contribution in [2.24, 2.45) is 4.99 Å². The number of hydrogen-bond acceptors (Lipinski definition) is 6. The molecule has 0 spiro atoms. The first kappa shape index (κ1) is 21.2. The maximum absolute atomic E-state index is 13.0. The third-order valence-electron chi connectivity index (χ3n) is 4.42. The van der Waals surface area contributed by atoms with Gasteiger partial charge in [0.2, 0.25) is 5.95 Å². The SMILES string of the molecule is O=c1c2ccccc2nc(Nc2ccc(OC(F)(F)F)cc2)n1CCN=Cc1ccco1. The van der Waals surface area contributed by atoms with Crippen LogP contribution in [0.2, 0.25) is 0 Å². The summed E-state index contributed by atoms with van der Waals surface area (Å²) in [7, 11) is 0. The van der Waals surface area contributed by atoms with E-state index in [1.54, 1.807) is 42.6 Å². The average Bonchev–Trinajstić information content (AvgIpc) is 3.27. The highest BCUT2D eigenvalue weighted by molar-refractivity contribution is 5.79. The molecule has 0 atom stereocenters. The van der Waals surface area contributed by atoms with Gasteiger partial charge < -0.3 is 14.5 Å². The number of furan rings is 1. The molecule has 0 aliphatic heterocycles. The highest BCUT2D eigenvalue weighted by atomic mass is 19.4. The lowest BCUT2D eigenvalue weighted by Crippen LogP contribution is -2.25. The topological polar surface area (TPSA) is 81.6 Å². The Morgan fingerprint density at radius 2 is 1.88 bits per heavy atom. The van der Waals surface area contributed by atoms with E-state index >= 15 is 0 Å². The third kappa shape index (κ3) is 5.15. The number of alkyl halides is 3. The summed E-state index contributed by atoms with van der Waals surface area (Å²) in [6.45, 7) is 0.513. The maximum Gasteiger partial charge on any atom is 0.573 e. The summed E-state index contributed by atoms with van der Waals surface area (Å²) in [5.74, 6) is 0.485. The molecule has 2 heterocycles.